The highest BCUT2D eigenvalue weighted by molar-refractivity contribution is 8.01. The van der Waals surface area contributed by atoms with Crippen molar-refractivity contribution >= 4 is 28.9 Å². The van der Waals surface area contributed by atoms with Gasteiger partial charge in [-0.05, 0) is 18.7 Å². The maximum atomic E-state index is 7.38. The minimum Gasteiger partial charge on any atom is -0.382 e. The molecule has 2 aromatic heterocycles. The highest BCUT2D eigenvalue weighted by Gasteiger charge is 2.11. The van der Waals surface area contributed by atoms with Gasteiger partial charge in [-0.1, -0.05) is 11.3 Å². The van der Waals surface area contributed by atoms with Gasteiger partial charge in [-0.15, -0.1) is 10.2 Å². The summed E-state index contributed by atoms with van der Waals surface area (Å²) in [7, 11) is 0. The zero-order valence-electron chi connectivity index (χ0n) is 8.34. The standard InChI is InChI=1S/C8H8N6S2/c1-4-13-14-8(15-4)16-7-5(6(9)10)11-2-3-12-7/h2-3H,1H3,(H3,9,10). The van der Waals surface area contributed by atoms with Crippen LogP contribution < -0.4 is 5.73 Å². The molecular weight excluding hydrogens is 244 g/mol. The molecule has 0 unspecified atom stereocenters. The summed E-state index contributed by atoms with van der Waals surface area (Å²) in [5, 5.41) is 16.7. The van der Waals surface area contributed by atoms with Gasteiger partial charge in [0.15, 0.2) is 4.34 Å². The number of nitrogen functional groups attached to an aromatic ring is 1. The van der Waals surface area contributed by atoms with Crippen molar-refractivity contribution < 1.29 is 0 Å². The van der Waals surface area contributed by atoms with Crippen LogP contribution in [0.3, 0.4) is 0 Å². The summed E-state index contributed by atoms with van der Waals surface area (Å²) in [6.45, 7) is 1.88. The van der Waals surface area contributed by atoms with Crippen LogP contribution in [0.15, 0.2) is 21.8 Å². The van der Waals surface area contributed by atoms with Crippen LogP contribution in [0.25, 0.3) is 0 Å². The Morgan fingerprint density at radius 2 is 2.12 bits per heavy atom. The van der Waals surface area contributed by atoms with Crippen LogP contribution in [0.2, 0.25) is 0 Å². The third-order valence-corrected chi connectivity index (χ3v) is 3.49. The fraction of sp³-hybridized carbons (Fsp3) is 0.125. The van der Waals surface area contributed by atoms with Crippen molar-refractivity contribution in [3.05, 3.63) is 23.1 Å². The number of rotatable bonds is 3. The Morgan fingerprint density at radius 1 is 1.38 bits per heavy atom. The van der Waals surface area contributed by atoms with Gasteiger partial charge in [0, 0.05) is 12.4 Å². The fourth-order valence-electron chi connectivity index (χ4n) is 0.987. The molecule has 0 aromatic carbocycles. The summed E-state index contributed by atoms with van der Waals surface area (Å²) in [4.78, 5) is 8.13. The monoisotopic (exact) mass is 252 g/mol. The lowest BCUT2D eigenvalue weighted by molar-refractivity contribution is 0.974. The third-order valence-electron chi connectivity index (χ3n) is 1.61. The van der Waals surface area contributed by atoms with Crippen LogP contribution in [0.4, 0.5) is 0 Å². The number of nitrogens with zero attached hydrogens (tertiary/aromatic N) is 4. The largest absolute Gasteiger partial charge is 0.382 e. The first-order valence-corrected chi connectivity index (χ1v) is 5.93. The maximum absolute atomic E-state index is 7.38. The van der Waals surface area contributed by atoms with E-state index >= 15 is 0 Å². The Kier molecular flexibility index (Phi) is 3.11. The van der Waals surface area contributed by atoms with Crippen LogP contribution in [0, 0.1) is 12.3 Å². The molecule has 0 saturated carbocycles. The minimum atomic E-state index is -0.100. The second-order valence-corrected chi connectivity index (χ2v) is 5.23. The van der Waals surface area contributed by atoms with Crippen molar-refractivity contribution in [2.75, 3.05) is 0 Å². The first-order chi connectivity index (χ1) is 7.66. The molecule has 2 rings (SSSR count). The molecule has 2 aromatic rings. The molecule has 0 fully saturated rings. The number of nitrogens with one attached hydrogen (secondary N) is 1. The van der Waals surface area contributed by atoms with E-state index < -0.39 is 0 Å². The van der Waals surface area contributed by atoms with Gasteiger partial charge in [0.2, 0.25) is 0 Å². The van der Waals surface area contributed by atoms with Gasteiger partial charge in [0.05, 0.1) is 0 Å². The van der Waals surface area contributed by atoms with E-state index in [1.807, 2.05) is 6.92 Å². The molecule has 0 saturated heterocycles. The van der Waals surface area contributed by atoms with Gasteiger partial charge in [-0.25, -0.2) is 9.97 Å². The van der Waals surface area contributed by atoms with Crippen LogP contribution in [0.5, 0.6) is 0 Å². The average molecular weight is 252 g/mol. The van der Waals surface area contributed by atoms with Gasteiger partial charge in [0.1, 0.15) is 21.6 Å². The predicted molar refractivity (Wildman–Crippen MR) is 61.8 cm³/mol. The molecule has 0 aliphatic rings. The Hall–Kier alpha value is -1.54. The van der Waals surface area contributed by atoms with E-state index in [1.54, 1.807) is 6.20 Å². The van der Waals surface area contributed by atoms with E-state index in [0.717, 1.165) is 9.35 Å². The normalized spacial score (nSPS) is 10.3. The predicted octanol–water partition coefficient (Wildman–Crippen LogP) is 1.07. The zero-order valence-corrected chi connectivity index (χ0v) is 9.97. The van der Waals surface area contributed by atoms with E-state index in [1.165, 1.54) is 29.3 Å². The number of aromatic nitrogens is 4. The minimum absolute atomic E-state index is 0.100. The summed E-state index contributed by atoms with van der Waals surface area (Å²) in [5.74, 6) is -0.100. The van der Waals surface area contributed by atoms with Crippen LogP contribution in [-0.4, -0.2) is 26.0 Å². The fourth-order valence-corrected chi connectivity index (χ4v) is 2.79. The Morgan fingerprint density at radius 3 is 2.75 bits per heavy atom. The molecule has 0 aliphatic heterocycles. The van der Waals surface area contributed by atoms with Crippen molar-refractivity contribution in [3.8, 4) is 0 Å². The van der Waals surface area contributed by atoms with Crippen LogP contribution in [0.1, 0.15) is 10.7 Å². The lowest BCUT2D eigenvalue weighted by Crippen LogP contribution is -2.14. The molecule has 16 heavy (non-hydrogen) atoms. The van der Waals surface area contributed by atoms with Crippen molar-refractivity contribution in [1.29, 1.82) is 5.41 Å². The van der Waals surface area contributed by atoms with Crippen LogP contribution >= 0.6 is 23.1 Å². The van der Waals surface area contributed by atoms with Gasteiger partial charge >= 0.3 is 0 Å². The van der Waals surface area contributed by atoms with Gasteiger partial charge in [-0.2, -0.15) is 0 Å². The lowest BCUT2D eigenvalue weighted by Gasteiger charge is -2.01. The second-order valence-electron chi connectivity index (χ2n) is 2.81. The smallest absolute Gasteiger partial charge is 0.180 e. The van der Waals surface area contributed by atoms with Crippen LogP contribution in [-0.2, 0) is 0 Å². The Bertz CT molecular complexity index is 523. The van der Waals surface area contributed by atoms with E-state index in [0.29, 0.717) is 10.7 Å². The van der Waals surface area contributed by atoms with Crippen molar-refractivity contribution in [1.82, 2.24) is 20.2 Å². The van der Waals surface area contributed by atoms with E-state index in [2.05, 4.69) is 20.2 Å². The highest BCUT2D eigenvalue weighted by Crippen LogP contribution is 2.29. The molecule has 0 bridgehead atoms. The quantitative estimate of drug-likeness (QED) is 0.626. The summed E-state index contributed by atoms with van der Waals surface area (Å²) in [6, 6.07) is 0. The molecule has 0 spiro atoms. The maximum Gasteiger partial charge on any atom is 0.180 e. The summed E-state index contributed by atoms with van der Waals surface area (Å²) < 4.78 is 0.764. The zero-order chi connectivity index (χ0) is 11.5. The summed E-state index contributed by atoms with van der Waals surface area (Å²) >= 11 is 2.78. The Labute approximate surface area is 99.9 Å². The second kappa shape index (κ2) is 4.54. The SMILES string of the molecule is Cc1nnc(Sc2nccnc2C(=N)N)s1. The van der Waals surface area contributed by atoms with E-state index in [-0.39, 0.29) is 5.84 Å². The molecular formula is C8H8N6S2. The molecule has 8 heteroatoms. The molecule has 0 radical (unpaired) electrons. The van der Waals surface area contributed by atoms with Crippen molar-refractivity contribution in [3.63, 3.8) is 0 Å². The molecule has 0 atom stereocenters. The number of aryl methyl sites for hydroxylation is 1. The summed E-state index contributed by atoms with van der Waals surface area (Å²) in [6.07, 6.45) is 3.06. The lowest BCUT2D eigenvalue weighted by atomic mass is 10.4. The molecule has 0 aliphatic carbocycles. The topological polar surface area (TPSA) is 101 Å². The van der Waals surface area contributed by atoms with Gasteiger partial charge in [0.25, 0.3) is 0 Å². The third kappa shape index (κ3) is 2.34. The molecule has 2 heterocycles. The molecule has 3 N–H and O–H groups in total. The number of amidine groups is 1. The highest BCUT2D eigenvalue weighted by atomic mass is 32.2. The molecule has 82 valence electrons. The van der Waals surface area contributed by atoms with Gasteiger partial charge < -0.3 is 5.73 Å². The average Bonchev–Trinajstić information content (AvgIpc) is 2.64. The van der Waals surface area contributed by atoms with Crippen molar-refractivity contribution in [2.45, 2.75) is 16.3 Å². The van der Waals surface area contributed by atoms with Gasteiger partial charge in [-0.3, -0.25) is 5.41 Å². The van der Waals surface area contributed by atoms with E-state index in [4.69, 9.17) is 11.1 Å². The first kappa shape index (κ1) is 11.0. The number of hydrogen-bond donors (Lipinski definition) is 2. The molecule has 6 nitrogen and oxygen atoms in total. The molecule has 0 amide bonds. The number of nitrogens with two attached hydrogens (primary N) is 1. The van der Waals surface area contributed by atoms with Crippen molar-refractivity contribution in [2.24, 2.45) is 5.73 Å². The number of hydrogen-bond acceptors (Lipinski definition) is 7. The first-order valence-electron chi connectivity index (χ1n) is 4.30. The summed E-state index contributed by atoms with van der Waals surface area (Å²) in [5.41, 5.74) is 5.78. The van der Waals surface area contributed by atoms with E-state index in [9.17, 15) is 0 Å². The Balaban J connectivity index is 2.31.